The summed E-state index contributed by atoms with van der Waals surface area (Å²) >= 11 is 0. The second-order valence-corrected chi connectivity index (χ2v) is 5.53. The van der Waals surface area contributed by atoms with Gasteiger partial charge in [0.1, 0.15) is 17.1 Å². The largest absolute Gasteiger partial charge is 2.00 e. The van der Waals surface area contributed by atoms with Crippen molar-refractivity contribution in [3.05, 3.63) is 73.2 Å². The molecule has 0 spiro atoms. The van der Waals surface area contributed by atoms with Gasteiger partial charge in [0.25, 0.3) is 0 Å². The van der Waals surface area contributed by atoms with E-state index in [-0.39, 0.29) is 44.2 Å². The second kappa shape index (κ2) is 19.1. The van der Waals surface area contributed by atoms with Gasteiger partial charge in [-0.05, 0) is 36.4 Å². The molecule has 195 valence electrons. The molecule has 15 nitrogen and oxygen atoms in total. The number of carboxylic acids is 2. The Labute approximate surface area is 213 Å². The molecule has 4 aromatic rings. The first-order chi connectivity index (χ1) is 14.5. The summed E-state index contributed by atoms with van der Waals surface area (Å²) in [4.78, 5) is 44.4. The van der Waals surface area contributed by atoms with E-state index in [0.29, 0.717) is 34.6 Å². The number of carbonyl (C=O) groups is 2. The van der Waals surface area contributed by atoms with E-state index in [1.807, 2.05) is 54.6 Å². The molecular formula is C20H23CoN6O9+. The van der Waals surface area contributed by atoms with Gasteiger partial charge in [0, 0.05) is 18.6 Å². The molecule has 0 saturated heterocycles. The first-order valence-corrected chi connectivity index (χ1v) is 8.47. The number of aliphatic carboxylic acids is 2. The molecule has 0 unspecified atom stereocenters. The molecule has 0 amide bonds. The van der Waals surface area contributed by atoms with Gasteiger partial charge in [-0.3, -0.25) is 15.0 Å². The van der Waals surface area contributed by atoms with Crippen molar-refractivity contribution in [2.75, 3.05) is 0 Å². The quantitative estimate of drug-likeness (QED) is 0.173. The number of hydrogen-bond donors (Lipinski definition) is 0. The van der Waals surface area contributed by atoms with Crippen LogP contribution < -0.4 is 10.2 Å². The van der Waals surface area contributed by atoms with Crippen molar-refractivity contribution in [1.82, 2.24) is 29.9 Å². The van der Waals surface area contributed by atoms with E-state index < -0.39 is 11.9 Å². The molecule has 0 aliphatic rings. The molecule has 0 aliphatic heterocycles. The van der Waals surface area contributed by atoms with Crippen LogP contribution in [0, 0.1) is 0 Å². The van der Waals surface area contributed by atoms with E-state index in [1.54, 1.807) is 18.6 Å². The van der Waals surface area contributed by atoms with Crippen molar-refractivity contribution in [2.45, 2.75) is 0 Å². The summed E-state index contributed by atoms with van der Waals surface area (Å²) < 4.78 is 0. The monoisotopic (exact) mass is 550 g/mol. The fourth-order valence-electron chi connectivity index (χ4n) is 2.20. The topological polar surface area (TPSA) is 317 Å². The zero-order valence-electron chi connectivity index (χ0n) is 18.2. The zero-order valence-corrected chi connectivity index (χ0v) is 19.2. The molecule has 16 heteroatoms. The molecular weight excluding hydrogens is 527 g/mol. The Morgan fingerprint density at radius 2 is 0.778 bits per heavy atom. The maximum atomic E-state index is 8.93. The van der Waals surface area contributed by atoms with Gasteiger partial charge in [-0.15, -0.1) is 0 Å². The van der Waals surface area contributed by atoms with Crippen LogP contribution in [0.15, 0.2) is 73.2 Å². The minimum atomic E-state index is -2.19. The van der Waals surface area contributed by atoms with Crippen molar-refractivity contribution in [2.24, 2.45) is 0 Å². The van der Waals surface area contributed by atoms with Gasteiger partial charge in [-0.2, -0.15) is 0 Å². The fraction of sp³-hybridized carbons (Fsp3) is 0. The van der Waals surface area contributed by atoms with Crippen LogP contribution in [0.25, 0.3) is 34.6 Å². The van der Waals surface area contributed by atoms with Crippen LogP contribution in [0.5, 0.6) is 0 Å². The fourth-order valence-corrected chi connectivity index (χ4v) is 2.20. The molecule has 1 radical (unpaired) electrons. The standard InChI is InChI=1S/C18H12N6.C2H2O4.Co.5H2O/c1-4-10-19-13(7-1)16-22-17(14-8-2-5-11-20-14)24-18(23-16)15-9-3-6-12-21-15;3-1(4)2(5)6;;;;;;/h1-12H;(H,3,4)(H,5,6);;5*1H2/q;;+2;;;;;/p-1. The van der Waals surface area contributed by atoms with E-state index in [4.69, 9.17) is 19.8 Å². The smallest absolute Gasteiger partial charge is 0.543 e. The number of rotatable bonds is 3. The molecule has 0 aromatic carbocycles. The Morgan fingerprint density at radius 1 is 0.528 bits per heavy atom. The normalized spacial score (nSPS) is 8.22. The molecule has 36 heavy (non-hydrogen) atoms. The SMILES string of the molecule is O.O.O.O.O=C([O-])C(=O)[O-].[Co+2].[OH3+].c1ccc(-c2nc(-c3ccccn3)nc(-c3ccccn3)n2)nc1. The maximum absolute atomic E-state index is 8.93. The van der Waals surface area contributed by atoms with Crippen molar-refractivity contribution in [3.8, 4) is 34.6 Å². The first kappa shape index (κ1) is 38.9. The summed E-state index contributed by atoms with van der Waals surface area (Å²) in [7, 11) is 0. The average molecular weight is 550 g/mol. The number of pyridine rings is 3. The minimum Gasteiger partial charge on any atom is -0.543 e. The molecule has 0 bridgehead atoms. The summed E-state index contributed by atoms with van der Waals surface area (Å²) in [6.45, 7) is 0. The van der Waals surface area contributed by atoms with E-state index in [0.717, 1.165) is 0 Å². The van der Waals surface area contributed by atoms with Crippen molar-refractivity contribution in [3.63, 3.8) is 0 Å². The zero-order chi connectivity index (χ0) is 21.3. The third kappa shape index (κ3) is 10.8. The molecule has 4 rings (SSSR count). The van der Waals surface area contributed by atoms with Crippen LogP contribution in [0.2, 0.25) is 0 Å². The Bertz CT molecular complexity index is 1010. The van der Waals surface area contributed by atoms with Crippen LogP contribution in [-0.2, 0) is 31.8 Å². The predicted molar refractivity (Wildman–Crippen MR) is 119 cm³/mol. The predicted octanol–water partition coefficient (Wildman–Crippen LogP) is -4.68. The van der Waals surface area contributed by atoms with Crippen molar-refractivity contribution in [1.29, 1.82) is 0 Å². The maximum Gasteiger partial charge on any atom is 2.00 e. The van der Waals surface area contributed by atoms with Crippen LogP contribution in [0.4, 0.5) is 0 Å². The second-order valence-electron chi connectivity index (χ2n) is 5.53. The van der Waals surface area contributed by atoms with E-state index in [1.165, 1.54) is 0 Å². The summed E-state index contributed by atoms with van der Waals surface area (Å²) in [6, 6.07) is 16.8. The third-order valence-electron chi connectivity index (χ3n) is 3.48. The van der Waals surface area contributed by atoms with Gasteiger partial charge in [0.05, 0.1) is 11.9 Å². The number of aromatic nitrogens is 6. The number of hydrogen-bond acceptors (Lipinski definition) is 10. The van der Waals surface area contributed by atoms with Gasteiger partial charge in [-0.1, -0.05) is 18.2 Å². The van der Waals surface area contributed by atoms with Gasteiger partial charge in [0.2, 0.25) is 0 Å². The third-order valence-corrected chi connectivity index (χ3v) is 3.48. The Hall–Kier alpha value is -4.29. The van der Waals surface area contributed by atoms with Gasteiger partial charge in [-0.25, -0.2) is 15.0 Å². The van der Waals surface area contributed by atoms with Crippen molar-refractivity contribution < 1.29 is 64.0 Å². The Balaban J connectivity index is -0.000000387. The molecule has 11 N–H and O–H groups in total. The number of carbonyl (C=O) groups excluding carboxylic acids is 2. The van der Waals surface area contributed by atoms with E-state index in [2.05, 4.69) is 29.9 Å². The van der Waals surface area contributed by atoms with Crippen LogP contribution in [-0.4, -0.2) is 63.7 Å². The summed E-state index contributed by atoms with van der Waals surface area (Å²) in [5.74, 6) is -2.89. The minimum absolute atomic E-state index is 0. The summed E-state index contributed by atoms with van der Waals surface area (Å²) in [5.41, 5.74) is 2.03. The van der Waals surface area contributed by atoms with E-state index in [9.17, 15) is 0 Å². The molecule has 0 saturated carbocycles. The Morgan fingerprint density at radius 3 is 0.944 bits per heavy atom. The van der Waals surface area contributed by atoms with Gasteiger partial charge >= 0.3 is 16.8 Å². The average Bonchev–Trinajstić information content (AvgIpc) is 2.81. The van der Waals surface area contributed by atoms with Crippen LogP contribution in [0.1, 0.15) is 0 Å². The molecule has 0 atom stereocenters. The van der Waals surface area contributed by atoms with Gasteiger partial charge < -0.3 is 47.2 Å². The van der Waals surface area contributed by atoms with Crippen molar-refractivity contribution >= 4 is 11.9 Å². The number of carboxylic acid groups (broad SMARTS) is 2. The number of nitrogens with zero attached hydrogens (tertiary/aromatic N) is 6. The van der Waals surface area contributed by atoms with Crippen LogP contribution in [0.3, 0.4) is 0 Å². The molecule has 4 heterocycles. The van der Waals surface area contributed by atoms with E-state index >= 15 is 0 Å². The summed E-state index contributed by atoms with van der Waals surface area (Å²) in [5, 5.41) is 17.9. The van der Waals surface area contributed by atoms with Crippen LogP contribution >= 0.6 is 0 Å². The molecule has 0 fully saturated rings. The van der Waals surface area contributed by atoms with Gasteiger partial charge in [0.15, 0.2) is 17.5 Å². The molecule has 4 aromatic heterocycles. The first-order valence-electron chi connectivity index (χ1n) is 8.47. The Kier molecular flexibility index (Phi) is 20.6. The summed E-state index contributed by atoms with van der Waals surface area (Å²) in [6.07, 6.45) is 5.13. The molecule has 0 aliphatic carbocycles.